The van der Waals surface area contributed by atoms with Crippen molar-refractivity contribution in [3.63, 3.8) is 0 Å². The summed E-state index contributed by atoms with van der Waals surface area (Å²) in [6.45, 7) is 2.16. The quantitative estimate of drug-likeness (QED) is 0.383. The molecule has 0 aliphatic rings. The van der Waals surface area contributed by atoms with E-state index in [1.807, 2.05) is 48.5 Å². The third kappa shape index (κ3) is 2.37. The van der Waals surface area contributed by atoms with Crippen LogP contribution < -0.4 is 0 Å². The number of aromatic nitrogens is 1. The number of nitrogens with one attached hydrogen (secondary N) is 1. The number of aromatic amines is 1. The number of carbonyl (C=O) groups is 1. The summed E-state index contributed by atoms with van der Waals surface area (Å²) >= 11 is 0. The van der Waals surface area contributed by atoms with Gasteiger partial charge in [-0.25, -0.2) is 0 Å². The lowest BCUT2D eigenvalue weighted by atomic mass is 9.94. The van der Waals surface area contributed by atoms with Gasteiger partial charge in [0, 0.05) is 21.9 Å². The Balaban J connectivity index is 1.95. The minimum atomic E-state index is 0.0574. The molecule has 0 amide bonds. The molecule has 0 bridgehead atoms. The van der Waals surface area contributed by atoms with Crippen LogP contribution in [0.15, 0.2) is 78.9 Å². The summed E-state index contributed by atoms with van der Waals surface area (Å²) in [6.07, 6.45) is 0.950. The van der Waals surface area contributed by atoms with Crippen LogP contribution in [0.5, 0.6) is 0 Å². The average Bonchev–Trinajstić information content (AvgIpc) is 3.10. The molecule has 2 nitrogen and oxygen atoms in total. The first-order chi connectivity index (χ1) is 13.3. The van der Waals surface area contributed by atoms with Crippen LogP contribution in [0.1, 0.15) is 28.4 Å². The van der Waals surface area contributed by atoms with E-state index in [4.69, 9.17) is 0 Å². The van der Waals surface area contributed by atoms with E-state index in [9.17, 15) is 4.79 Å². The largest absolute Gasteiger partial charge is 0.354 e. The molecule has 1 aromatic heterocycles. The van der Waals surface area contributed by atoms with Crippen molar-refractivity contribution in [3.05, 3.63) is 95.6 Å². The van der Waals surface area contributed by atoms with Gasteiger partial charge < -0.3 is 4.98 Å². The molecule has 0 saturated heterocycles. The van der Waals surface area contributed by atoms with Gasteiger partial charge in [0.05, 0.1) is 11.1 Å². The Kier molecular flexibility index (Phi) is 3.58. The first kappa shape index (κ1) is 15.8. The fraction of sp³-hybridized carbons (Fsp3) is 0.0800. The number of para-hydroxylation sites is 1. The molecule has 4 aromatic carbocycles. The van der Waals surface area contributed by atoms with E-state index in [-0.39, 0.29) is 5.78 Å². The summed E-state index contributed by atoms with van der Waals surface area (Å²) in [4.78, 5) is 17.1. The van der Waals surface area contributed by atoms with E-state index in [0.717, 1.165) is 39.2 Å². The highest BCUT2D eigenvalue weighted by atomic mass is 16.1. The lowest BCUT2D eigenvalue weighted by molar-refractivity contribution is 0.104. The number of H-pyrrole nitrogens is 1. The van der Waals surface area contributed by atoms with E-state index < -0.39 is 0 Å². The molecule has 0 aliphatic carbocycles. The number of ketones is 1. The number of aryl methyl sites for hydroxylation is 1. The predicted octanol–water partition coefficient (Wildman–Crippen LogP) is 6.27. The Morgan fingerprint density at radius 2 is 1.52 bits per heavy atom. The zero-order valence-electron chi connectivity index (χ0n) is 15.1. The number of fused-ring (bicyclic) bond motifs is 4. The summed E-state index contributed by atoms with van der Waals surface area (Å²) in [6, 6.07) is 26.3. The van der Waals surface area contributed by atoms with Crippen LogP contribution in [-0.2, 0) is 6.42 Å². The fourth-order valence-corrected chi connectivity index (χ4v) is 4.05. The Bertz CT molecular complexity index is 1310. The highest BCUT2D eigenvalue weighted by Crippen LogP contribution is 2.35. The molecule has 0 fully saturated rings. The van der Waals surface area contributed by atoms with E-state index >= 15 is 0 Å². The molecule has 0 saturated carbocycles. The van der Waals surface area contributed by atoms with Crippen molar-refractivity contribution in [1.82, 2.24) is 4.98 Å². The molecule has 0 radical (unpaired) electrons. The Morgan fingerprint density at radius 1 is 0.778 bits per heavy atom. The van der Waals surface area contributed by atoms with Gasteiger partial charge in [-0.1, -0.05) is 79.7 Å². The predicted molar refractivity (Wildman–Crippen MR) is 113 cm³/mol. The molecule has 5 rings (SSSR count). The van der Waals surface area contributed by atoms with Gasteiger partial charge in [0.25, 0.3) is 0 Å². The smallest absolute Gasteiger partial charge is 0.195 e. The molecular weight excluding hydrogens is 330 g/mol. The standard InChI is InChI=1S/C25H19NO/c1-2-16-12-8-14-20-21-15-18-11-6-7-13-19(18)22(24(21)26-23(16)20)25(27)17-9-4-3-5-10-17/h3-15,26H,2H2,1H3. The van der Waals surface area contributed by atoms with Gasteiger partial charge in [-0.15, -0.1) is 0 Å². The number of benzene rings is 4. The molecule has 1 N–H and O–H groups in total. The molecule has 130 valence electrons. The van der Waals surface area contributed by atoms with Gasteiger partial charge in [-0.3, -0.25) is 4.79 Å². The van der Waals surface area contributed by atoms with Crippen molar-refractivity contribution >= 4 is 38.4 Å². The molecule has 5 aromatic rings. The second-order valence-electron chi connectivity index (χ2n) is 6.91. The van der Waals surface area contributed by atoms with Gasteiger partial charge in [0.2, 0.25) is 0 Å². The van der Waals surface area contributed by atoms with Gasteiger partial charge in [0.1, 0.15) is 0 Å². The van der Waals surface area contributed by atoms with E-state index in [1.165, 1.54) is 10.9 Å². The van der Waals surface area contributed by atoms with Gasteiger partial charge >= 0.3 is 0 Å². The van der Waals surface area contributed by atoms with Crippen molar-refractivity contribution < 1.29 is 4.79 Å². The number of rotatable bonds is 3. The maximum Gasteiger partial charge on any atom is 0.195 e. The summed E-state index contributed by atoms with van der Waals surface area (Å²) in [7, 11) is 0. The summed E-state index contributed by atoms with van der Waals surface area (Å²) in [5.41, 5.74) is 4.80. The molecule has 0 atom stereocenters. The maximum atomic E-state index is 13.5. The van der Waals surface area contributed by atoms with Gasteiger partial charge in [-0.05, 0) is 28.8 Å². The van der Waals surface area contributed by atoms with Crippen LogP contribution in [0.4, 0.5) is 0 Å². The number of hydrogen-bond donors (Lipinski definition) is 1. The SMILES string of the molecule is CCc1cccc2c1[nH]c1c(C(=O)c3ccccc3)c3ccccc3cc12. The van der Waals surface area contributed by atoms with Crippen molar-refractivity contribution in [2.24, 2.45) is 0 Å². The molecule has 1 heterocycles. The summed E-state index contributed by atoms with van der Waals surface area (Å²) in [5.74, 6) is 0.0574. The first-order valence-electron chi connectivity index (χ1n) is 9.32. The fourth-order valence-electron chi connectivity index (χ4n) is 4.05. The van der Waals surface area contributed by atoms with E-state index in [2.05, 4.69) is 42.2 Å². The number of carbonyl (C=O) groups excluding carboxylic acids is 1. The topological polar surface area (TPSA) is 32.9 Å². The summed E-state index contributed by atoms with van der Waals surface area (Å²) < 4.78 is 0. The van der Waals surface area contributed by atoms with Crippen LogP contribution in [0.3, 0.4) is 0 Å². The monoisotopic (exact) mass is 349 g/mol. The highest BCUT2D eigenvalue weighted by molar-refractivity contribution is 6.27. The third-order valence-corrected chi connectivity index (χ3v) is 5.38. The molecule has 2 heteroatoms. The number of hydrogen-bond acceptors (Lipinski definition) is 1. The minimum absolute atomic E-state index is 0.0574. The maximum absolute atomic E-state index is 13.5. The normalized spacial score (nSPS) is 11.4. The van der Waals surface area contributed by atoms with Gasteiger partial charge in [0.15, 0.2) is 5.78 Å². The van der Waals surface area contributed by atoms with Crippen LogP contribution in [0, 0.1) is 0 Å². The van der Waals surface area contributed by atoms with Crippen molar-refractivity contribution in [1.29, 1.82) is 0 Å². The van der Waals surface area contributed by atoms with Crippen LogP contribution in [-0.4, -0.2) is 10.8 Å². The molecule has 0 spiro atoms. The van der Waals surface area contributed by atoms with Crippen molar-refractivity contribution in [2.75, 3.05) is 0 Å². The molecule has 0 aliphatic heterocycles. The van der Waals surface area contributed by atoms with E-state index in [0.29, 0.717) is 5.56 Å². The zero-order chi connectivity index (χ0) is 18.4. The van der Waals surface area contributed by atoms with E-state index in [1.54, 1.807) is 0 Å². The second kappa shape index (κ2) is 6.10. The third-order valence-electron chi connectivity index (χ3n) is 5.38. The lowest BCUT2D eigenvalue weighted by Crippen LogP contribution is -2.03. The van der Waals surface area contributed by atoms with Crippen LogP contribution in [0.25, 0.3) is 32.6 Å². The minimum Gasteiger partial charge on any atom is -0.354 e. The zero-order valence-corrected chi connectivity index (χ0v) is 15.1. The highest BCUT2D eigenvalue weighted by Gasteiger charge is 2.19. The van der Waals surface area contributed by atoms with Crippen molar-refractivity contribution in [2.45, 2.75) is 13.3 Å². The molecular formula is C25H19NO. The van der Waals surface area contributed by atoms with Crippen LogP contribution in [0.2, 0.25) is 0 Å². The Labute approximate surface area is 157 Å². The molecule has 27 heavy (non-hydrogen) atoms. The first-order valence-corrected chi connectivity index (χ1v) is 9.32. The summed E-state index contributed by atoms with van der Waals surface area (Å²) in [5, 5.41) is 4.37. The van der Waals surface area contributed by atoms with Crippen LogP contribution >= 0.6 is 0 Å². The average molecular weight is 349 g/mol. The lowest BCUT2D eigenvalue weighted by Gasteiger charge is -2.08. The van der Waals surface area contributed by atoms with Gasteiger partial charge in [-0.2, -0.15) is 0 Å². The van der Waals surface area contributed by atoms with Crippen molar-refractivity contribution in [3.8, 4) is 0 Å². The Hall–Kier alpha value is -3.39. The molecule has 0 unspecified atom stereocenters. The second-order valence-corrected chi connectivity index (χ2v) is 6.91. The Morgan fingerprint density at radius 3 is 2.33 bits per heavy atom.